The number of ketones is 2. The molecule has 0 aromatic carbocycles. The molecule has 0 aromatic heterocycles. The average molecular weight is 370 g/mol. The lowest BCUT2D eigenvalue weighted by Gasteiger charge is -2.58. The summed E-state index contributed by atoms with van der Waals surface area (Å²) in [6.45, 7) is 13.2. The van der Waals surface area contributed by atoms with Crippen molar-refractivity contribution in [1.82, 2.24) is 0 Å². The van der Waals surface area contributed by atoms with Gasteiger partial charge in [-0.1, -0.05) is 39.2 Å². The van der Waals surface area contributed by atoms with Crippen molar-refractivity contribution in [2.75, 3.05) is 0 Å². The fraction of sp³-hybridized carbons (Fsp3) is 0.565. The molecule has 4 heteroatoms. The van der Waals surface area contributed by atoms with Gasteiger partial charge in [-0.25, -0.2) is 4.39 Å². The van der Waals surface area contributed by atoms with E-state index in [1.165, 1.54) is 6.92 Å². The number of aliphatic hydroxyl groups is 1. The second-order valence-electron chi connectivity index (χ2n) is 9.28. The number of fused-ring (bicyclic) bond motifs is 5. The van der Waals surface area contributed by atoms with Crippen LogP contribution in [0.4, 0.5) is 4.39 Å². The summed E-state index contributed by atoms with van der Waals surface area (Å²) in [6, 6.07) is 0. The van der Waals surface area contributed by atoms with Crippen LogP contribution in [0.3, 0.4) is 0 Å². The highest BCUT2D eigenvalue weighted by atomic mass is 19.1. The maximum absolute atomic E-state index is 15.8. The molecule has 0 aliphatic heterocycles. The van der Waals surface area contributed by atoms with Crippen molar-refractivity contribution < 1.29 is 19.1 Å². The van der Waals surface area contributed by atoms with Gasteiger partial charge in [0, 0.05) is 22.3 Å². The molecule has 1 N–H and O–H groups in total. The molecule has 0 amide bonds. The Hall–Kier alpha value is -1.81. The fourth-order valence-electron chi connectivity index (χ4n) is 6.66. The Bertz CT molecular complexity index is 852. The Morgan fingerprint density at radius 3 is 2.63 bits per heavy atom. The molecule has 0 radical (unpaired) electrons. The smallest absolute Gasteiger partial charge is 0.185 e. The lowest BCUT2D eigenvalue weighted by Crippen LogP contribution is -2.60. The van der Waals surface area contributed by atoms with E-state index in [1.54, 1.807) is 6.08 Å². The quantitative estimate of drug-likeness (QED) is 0.713. The van der Waals surface area contributed by atoms with Crippen LogP contribution in [0.1, 0.15) is 40.0 Å². The maximum Gasteiger partial charge on any atom is 0.185 e. The van der Waals surface area contributed by atoms with Crippen LogP contribution in [0.25, 0.3) is 0 Å². The zero-order chi connectivity index (χ0) is 19.9. The number of rotatable bonds is 1. The zero-order valence-electron chi connectivity index (χ0n) is 16.2. The van der Waals surface area contributed by atoms with Gasteiger partial charge in [0.05, 0.1) is 0 Å². The van der Waals surface area contributed by atoms with Gasteiger partial charge in [-0.05, 0) is 55.2 Å². The Morgan fingerprint density at radius 1 is 1.33 bits per heavy atom. The molecule has 2 saturated carbocycles. The Morgan fingerprint density at radius 2 is 2.00 bits per heavy atom. The molecule has 0 bridgehead atoms. The predicted molar refractivity (Wildman–Crippen MR) is 102 cm³/mol. The van der Waals surface area contributed by atoms with Gasteiger partial charge >= 0.3 is 0 Å². The molecule has 4 rings (SSSR count). The Labute approximate surface area is 159 Å². The van der Waals surface area contributed by atoms with Crippen LogP contribution in [0, 0.1) is 28.6 Å². The third kappa shape index (κ3) is 2.00. The fourth-order valence-corrected chi connectivity index (χ4v) is 6.66. The molecule has 0 saturated heterocycles. The van der Waals surface area contributed by atoms with E-state index in [2.05, 4.69) is 13.2 Å². The second kappa shape index (κ2) is 5.38. The second-order valence-corrected chi connectivity index (χ2v) is 9.28. The van der Waals surface area contributed by atoms with Crippen LogP contribution in [0.2, 0.25) is 0 Å². The zero-order valence-corrected chi connectivity index (χ0v) is 16.2. The minimum absolute atomic E-state index is 0.0109. The first kappa shape index (κ1) is 18.5. The number of Topliss-reactive ketones (excluding diaryl/α,β-unsaturated/α-hetero) is 1. The van der Waals surface area contributed by atoms with Gasteiger partial charge in [-0.2, -0.15) is 0 Å². The van der Waals surface area contributed by atoms with Crippen LogP contribution in [-0.4, -0.2) is 28.4 Å². The lowest BCUT2D eigenvalue weighted by molar-refractivity contribution is -0.162. The van der Waals surface area contributed by atoms with Crippen LogP contribution >= 0.6 is 0 Å². The van der Waals surface area contributed by atoms with Gasteiger partial charge in [0.25, 0.3) is 0 Å². The Balaban J connectivity index is 1.86. The summed E-state index contributed by atoms with van der Waals surface area (Å²) in [7, 11) is 0. The molecular formula is C23H27FO3. The standard InChI is InChI=1S/C23H27FO3/c1-12-13(2)22(5)15(10-19(12)26)6-7-16-17-8-9-23(27,14(3)25)21(17,4)11-18(24)20(16)22/h6-7,10,16-18,20,27H,1-2,8-9,11H2,3-5H3/t16-,17-,18?,20+,21-,22-,23-/m0/s1. The predicted octanol–water partition coefficient (Wildman–Crippen LogP) is 3.89. The highest BCUT2D eigenvalue weighted by Crippen LogP contribution is 2.67. The van der Waals surface area contributed by atoms with Gasteiger partial charge in [0.1, 0.15) is 11.8 Å². The number of allylic oxidation sites excluding steroid dienone is 6. The minimum atomic E-state index is -1.47. The van der Waals surface area contributed by atoms with E-state index in [1.807, 2.05) is 26.0 Å². The van der Waals surface area contributed by atoms with E-state index in [9.17, 15) is 14.7 Å². The van der Waals surface area contributed by atoms with Gasteiger partial charge in [0.15, 0.2) is 11.6 Å². The van der Waals surface area contributed by atoms with Gasteiger partial charge < -0.3 is 5.11 Å². The van der Waals surface area contributed by atoms with Crippen molar-refractivity contribution in [2.24, 2.45) is 28.6 Å². The van der Waals surface area contributed by atoms with Gasteiger partial charge in [-0.3, -0.25) is 9.59 Å². The summed E-state index contributed by atoms with van der Waals surface area (Å²) in [5.74, 6) is -0.925. The molecule has 3 nitrogen and oxygen atoms in total. The minimum Gasteiger partial charge on any atom is -0.382 e. The van der Waals surface area contributed by atoms with Crippen LogP contribution in [-0.2, 0) is 9.59 Å². The van der Waals surface area contributed by atoms with E-state index in [4.69, 9.17) is 0 Å². The molecule has 27 heavy (non-hydrogen) atoms. The lowest BCUT2D eigenvalue weighted by atomic mass is 9.46. The first-order chi connectivity index (χ1) is 12.5. The molecular weight excluding hydrogens is 343 g/mol. The molecule has 0 spiro atoms. The summed E-state index contributed by atoms with van der Waals surface area (Å²) >= 11 is 0. The first-order valence-electron chi connectivity index (χ1n) is 9.69. The third-order valence-electron chi connectivity index (χ3n) is 8.39. The topological polar surface area (TPSA) is 54.4 Å². The monoisotopic (exact) mass is 370 g/mol. The van der Waals surface area contributed by atoms with Crippen molar-refractivity contribution >= 4 is 11.6 Å². The number of carbonyl (C=O) groups excluding carboxylic acids is 2. The SMILES string of the molecule is C=C1C(=C)[C@@]2(C)C(=CC1=O)C=C[C@@H]1[C@@H]2C(F)C[C@@]2(C)[C@H]1CC[C@]2(O)C(C)=O. The van der Waals surface area contributed by atoms with Gasteiger partial charge in [-0.15, -0.1) is 0 Å². The summed E-state index contributed by atoms with van der Waals surface area (Å²) in [5.41, 5.74) is -1.22. The summed E-state index contributed by atoms with van der Waals surface area (Å²) in [5, 5.41) is 11.1. The van der Waals surface area contributed by atoms with Crippen LogP contribution in [0.15, 0.2) is 48.1 Å². The van der Waals surface area contributed by atoms with E-state index >= 15 is 4.39 Å². The third-order valence-corrected chi connectivity index (χ3v) is 8.39. The van der Waals surface area contributed by atoms with Crippen molar-refractivity contribution in [3.05, 3.63) is 48.1 Å². The molecule has 7 atom stereocenters. The number of halogens is 1. The largest absolute Gasteiger partial charge is 0.382 e. The maximum atomic E-state index is 15.8. The summed E-state index contributed by atoms with van der Waals surface area (Å²) in [4.78, 5) is 24.5. The van der Waals surface area contributed by atoms with Crippen molar-refractivity contribution in [3.63, 3.8) is 0 Å². The highest BCUT2D eigenvalue weighted by molar-refractivity contribution is 6.09. The van der Waals surface area contributed by atoms with E-state index in [0.717, 1.165) is 5.57 Å². The summed E-state index contributed by atoms with van der Waals surface area (Å²) in [6.07, 6.45) is 5.46. The van der Waals surface area contributed by atoms with Crippen LogP contribution in [0.5, 0.6) is 0 Å². The number of carbonyl (C=O) groups is 2. The molecule has 144 valence electrons. The summed E-state index contributed by atoms with van der Waals surface area (Å²) < 4.78 is 15.8. The Kier molecular flexibility index (Phi) is 3.69. The number of alkyl halides is 1. The number of hydrogen-bond donors (Lipinski definition) is 1. The number of hydrogen-bond acceptors (Lipinski definition) is 3. The highest BCUT2D eigenvalue weighted by Gasteiger charge is 2.68. The van der Waals surface area contributed by atoms with E-state index in [-0.39, 0.29) is 35.7 Å². The molecule has 0 heterocycles. The van der Waals surface area contributed by atoms with Crippen molar-refractivity contribution in [3.8, 4) is 0 Å². The normalized spacial score (nSPS) is 48.6. The molecule has 4 aliphatic carbocycles. The van der Waals surface area contributed by atoms with Crippen molar-refractivity contribution in [2.45, 2.75) is 51.8 Å². The van der Waals surface area contributed by atoms with Crippen molar-refractivity contribution in [1.29, 1.82) is 0 Å². The van der Waals surface area contributed by atoms with E-state index in [0.29, 0.717) is 24.0 Å². The molecule has 2 fully saturated rings. The first-order valence-corrected chi connectivity index (χ1v) is 9.69. The average Bonchev–Trinajstić information content (AvgIpc) is 2.86. The van der Waals surface area contributed by atoms with E-state index < -0.39 is 22.6 Å². The van der Waals surface area contributed by atoms with Crippen LogP contribution < -0.4 is 0 Å². The molecule has 4 aliphatic rings. The molecule has 1 unspecified atom stereocenters. The van der Waals surface area contributed by atoms with Gasteiger partial charge in [0.2, 0.25) is 0 Å². The molecule has 0 aromatic rings.